The maximum atomic E-state index is 11.2. The van der Waals surface area contributed by atoms with E-state index in [2.05, 4.69) is 16.6 Å². The Morgan fingerprint density at radius 1 is 1.44 bits per heavy atom. The molecule has 1 aromatic rings. The highest BCUT2D eigenvalue weighted by molar-refractivity contribution is 7.99. The highest BCUT2D eigenvalue weighted by atomic mass is 32.2. The molecule has 4 nitrogen and oxygen atoms in total. The third-order valence-electron chi connectivity index (χ3n) is 2.12. The molecule has 0 heterocycles. The van der Waals surface area contributed by atoms with Gasteiger partial charge >= 0.3 is 5.97 Å². The maximum absolute atomic E-state index is 11.2. The Balaban J connectivity index is 2.61. The van der Waals surface area contributed by atoms with Crippen molar-refractivity contribution in [2.24, 2.45) is 0 Å². The summed E-state index contributed by atoms with van der Waals surface area (Å²) < 4.78 is 4.57. The minimum absolute atomic E-state index is 0.241. The van der Waals surface area contributed by atoms with Crippen molar-refractivity contribution in [3.8, 4) is 0 Å². The van der Waals surface area contributed by atoms with Crippen LogP contribution in [0.3, 0.4) is 0 Å². The van der Waals surface area contributed by atoms with E-state index < -0.39 is 0 Å². The first-order valence-corrected chi connectivity index (χ1v) is 6.38. The Hall–Kier alpha value is -1.75. The highest BCUT2D eigenvalue weighted by Crippen LogP contribution is 2.27. The molecule has 1 amide bonds. The number of esters is 1. The zero-order valence-corrected chi connectivity index (χ0v) is 11.0. The number of hydrogen-bond donors (Lipinski definition) is 1. The molecule has 0 saturated carbocycles. The Labute approximate surface area is 110 Å². The summed E-state index contributed by atoms with van der Waals surface area (Å²) in [6.45, 7) is 3.40. The molecule has 5 heteroatoms. The summed E-state index contributed by atoms with van der Waals surface area (Å²) in [5.41, 5.74) is 0.720. The molecule has 1 N–H and O–H groups in total. The van der Waals surface area contributed by atoms with Crippen LogP contribution in [0.4, 0.5) is 5.69 Å². The molecule has 96 valence electrons. The molecule has 0 spiro atoms. The number of methoxy groups -OCH3 is 1. The Morgan fingerprint density at radius 3 is 2.83 bits per heavy atom. The normalized spacial score (nSPS) is 9.61. The summed E-state index contributed by atoms with van der Waals surface area (Å²) in [6.07, 6.45) is 1.56. The van der Waals surface area contributed by atoms with Gasteiger partial charge in [-0.1, -0.05) is 18.7 Å². The summed E-state index contributed by atoms with van der Waals surface area (Å²) in [6, 6.07) is 7.41. The average Bonchev–Trinajstić information content (AvgIpc) is 2.40. The van der Waals surface area contributed by atoms with Gasteiger partial charge in [0.05, 0.1) is 19.2 Å². The maximum Gasteiger partial charge on any atom is 0.306 e. The molecule has 0 aliphatic rings. The predicted octanol–water partition coefficient (Wildman–Crippen LogP) is 2.47. The van der Waals surface area contributed by atoms with Crippen LogP contribution in [0.15, 0.2) is 41.8 Å². The Bertz CT molecular complexity index is 446. The SMILES string of the molecule is C=CC(=O)Nc1ccccc1SCCC(=O)OC. The van der Waals surface area contributed by atoms with E-state index in [4.69, 9.17) is 0 Å². The summed E-state index contributed by atoms with van der Waals surface area (Å²) >= 11 is 1.49. The van der Waals surface area contributed by atoms with E-state index in [0.29, 0.717) is 12.2 Å². The number of benzene rings is 1. The first-order valence-electron chi connectivity index (χ1n) is 5.39. The number of ether oxygens (including phenoxy) is 1. The molecule has 0 aliphatic heterocycles. The quantitative estimate of drug-likeness (QED) is 0.487. The predicted molar refractivity (Wildman–Crippen MR) is 72.6 cm³/mol. The lowest BCUT2D eigenvalue weighted by molar-refractivity contribution is -0.140. The van der Waals surface area contributed by atoms with Gasteiger partial charge < -0.3 is 10.1 Å². The number of hydrogen-bond acceptors (Lipinski definition) is 4. The minimum atomic E-state index is -0.254. The second-order valence-electron chi connectivity index (χ2n) is 3.36. The number of para-hydroxylation sites is 1. The molecular formula is C13H15NO3S. The van der Waals surface area contributed by atoms with E-state index in [1.54, 1.807) is 0 Å². The van der Waals surface area contributed by atoms with E-state index in [-0.39, 0.29) is 11.9 Å². The fourth-order valence-corrected chi connectivity index (χ4v) is 2.16. The van der Waals surface area contributed by atoms with Gasteiger partial charge in [-0.05, 0) is 18.2 Å². The van der Waals surface area contributed by atoms with Gasteiger partial charge in [-0.2, -0.15) is 0 Å². The second-order valence-corrected chi connectivity index (χ2v) is 4.50. The molecule has 0 bridgehead atoms. The van der Waals surface area contributed by atoms with Crippen LogP contribution in [-0.4, -0.2) is 24.7 Å². The van der Waals surface area contributed by atoms with Crippen molar-refractivity contribution in [2.75, 3.05) is 18.2 Å². The fraction of sp³-hybridized carbons (Fsp3) is 0.231. The first kappa shape index (κ1) is 14.3. The Morgan fingerprint density at radius 2 is 2.17 bits per heavy atom. The highest BCUT2D eigenvalue weighted by Gasteiger charge is 2.06. The molecule has 1 rings (SSSR count). The van der Waals surface area contributed by atoms with Crippen LogP contribution >= 0.6 is 11.8 Å². The number of carbonyl (C=O) groups excluding carboxylic acids is 2. The molecule has 0 aromatic heterocycles. The molecule has 0 saturated heterocycles. The summed E-state index contributed by atoms with van der Waals surface area (Å²) in [7, 11) is 1.37. The monoisotopic (exact) mass is 265 g/mol. The van der Waals surface area contributed by atoms with Gasteiger partial charge in [0.1, 0.15) is 0 Å². The topological polar surface area (TPSA) is 55.4 Å². The van der Waals surface area contributed by atoms with Gasteiger partial charge in [0.2, 0.25) is 5.91 Å². The molecule has 0 unspecified atom stereocenters. The van der Waals surface area contributed by atoms with Crippen molar-refractivity contribution in [1.29, 1.82) is 0 Å². The van der Waals surface area contributed by atoms with E-state index in [1.165, 1.54) is 24.9 Å². The molecule has 1 aromatic carbocycles. The van der Waals surface area contributed by atoms with Crippen LogP contribution in [-0.2, 0) is 14.3 Å². The van der Waals surface area contributed by atoms with Gasteiger partial charge in [-0.25, -0.2) is 0 Å². The van der Waals surface area contributed by atoms with E-state index in [9.17, 15) is 9.59 Å². The van der Waals surface area contributed by atoms with Crippen molar-refractivity contribution >= 4 is 29.3 Å². The van der Waals surface area contributed by atoms with Crippen LogP contribution in [0, 0.1) is 0 Å². The summed E-state index contributed by atoms with van der Waals surface area (Å²) in [4.78, 5) is 23.2. The van der Waals surface area contributed by atoms with Crippen molar-refractivity contribution in [3.05, 3.63) is 36.9 Å². The zero-order chi connectivity index (χ0) is 13.4. The lowest BCUT2D eigenvalue weighted by Crippen LogP contribution is -2.08. The van der Waals surface area contributed by atoms with Gasteiger partial charge in [0, 0.05) is 10.6 Å². The lowest BCUT2D eigenvalue weighted by atomic mass is 10.3. The van der Waals surface area contributed by atoms with Gasteiger partial charge in [-0.3, -0.25) is 9.59 Å². The smallest absolute Gasteiger partial charge is 0.306 e. The van der Waals surface area contributed by atoms with Crippen LogP contribution < -0.4 is 5.32 Å². The lowest BCUT2D eigenvalue weighted by Gasteiger charge is -2.08. The van der Waals surface area contributed by atoms with Crippen LogP contribution in [0.1, 0.15) is 6.42 Å². The number of nitrogens with one attached hydrogen (secondary N) is 1. The van der Waals surface area contributed by atoms with Crippen molar-refractivity contribution in [1.82, 2.24) is 0 Å². The third kappa shape index (κ3) is 4.63. The molecule has 18 heavy (non-hydrogen) atoms. The van der Waals surface area contributed by atoms with Crippen molar-refractivity contribution < 1.29 is 14.3 Å². The number of carbonyl (C=O) groups is 2. The minimum Gasteiger partial charge on any atom is -0.469 e. The number of thioether (sulfide) groups is 1. The van der Waals surface area contributed by atoms with Crippen LogP contribution in [0.2, 0.25) is 0 Å². The molecular weight excluding hydrogens is 250 g/mol. The fourth-order valence-electron chi connectivity index (χ4n) is 1.23. The summed E-state index contributed by atoms with van der Waals surface area (Å²) in [5.74, 6) is 0.110. The second kappa shape index (κ2) is 7.55. The Kier molecular flexibility index (Phi) is 6.00. The van der Waals surface area contributed by atoms with Crippen LogP contribution in [0.5, 0.6) is 0 Å². The standard InChI is InChI=1S/C13H15NO3S/c1-3-12(15)14-10-6-4-5-7-11(10)18-9-8-13(16)17-2/h3-7H,1,8-9H2,2H3,(H,14,15). The third-order valence-corrected chi connectivity index (χ3v) is 3.20. The first-order chi connectivity index (χ1) is 8.67. The van der Waals surface area contributed by atoms with E-state index in [1.807, 2.05) is 24.3 Å². The number of rotatable bonds is 6. The molecule has 0 atom stereocenters. The molecule has 0 aliphatic carbocycles. The average molecular weight is 265 g/mol. The van der Waals surface area contributed by atoms with Gasteiger partial charge in [0.25, 0.3) is 0 Å². The molecule has 0 fully saturated rings. The van der Waals surface area contributed by atoms with E-state index in [0.717, 1.165) is 10.6 Å². The van der Waals surface area contributed by atoms with Crippen molar-refractivity contribution in [3.63, 3.8) is 0 Å². The van der Waals surface area contributed by atoms with Gasteiger partial charge in [0.15, 0.2) is 0 Å². The van der Waals surface area contributed by atoms with Crippen LogP contribution in [0.25, 0.3) is 0 Å². The number of amides is 1. The zero-order valence-electron chi connectivity index (χ0n) is 10.1. The number of anilines is 1. The largest absolute Gasteiger partial charge is 0.469 e. The molecule has 0 radical (unpaired) electrons. The van der Waals surface area contributed by atoms with E-state index >= 15 is 0 Å². The van der Waals surface area contributed by atoms with Gasteiger partial charge in [-0.15, -0.1) is 11.8 Å². The van der Waals surface area contributed by atoms with Crippen molar-refractivity contribution in [2.45, 2.75) is 11.3 Å². The summed E-state index contributed by atoms with van der Waals surface area (Å²) in [5, 5.41) is 2.72.